The first kappa shape index (κ1) is 14.9. The number of nitrogens with zero attached hydrogens (tertiary/aromatic N) is 1. The van der Waals surface area contributed by atoms with Crippen molar-refractivity contribution in [2.45, 2.75) is 20.3 Å². The number of benzene rings is 1. The van der Waals surface area contributed by atoms with Gasteiger partial charge in [-0.1, -0.05) is 32.0 Å². The van der Waals surface area contributed by atoms with Crippen LogP contribution in [-0.4, -0.2) is 11.6 Å². The zero-order chi connectivity index (χ0) is 15.2. The van der Waals surface area contributed by atoms with E-state index in [1.807, 2.05) is 36.4 Å². The van der Waals surface area contributed by atoms with E-state index < -0.39 is 0 Å². The number of nitrogens with one attached hydrogen (secondary N) is 1. The molecule has 0 aliphatic heterocycles. The van der Waals surface area contributed by atoms with Crippen molar-refractivity contribution in [1.82, 2.24) is 4.98 Å². The van der Waals surface area contributed by atoms with Crippen LogP contribution in [0.3, 0.4) is 0 Å². The number of H-pyrrole nitrogens is 1. The Balaban J connectivity index is 2.26. The highest BCUT2D eigenvalue weighted by Crippen LogP contribution is 2.22. The van der Waals surface area contributed by atoms with E-state index in [1.54, 1.807) is 6.07 Å². The monoisotopic (exact) mass is 282 g/mol. The van der Waals surface area contributed by atoms with Crippen molar-refractivity contribution in [2.24, 2.45) is 5.92 Å². The van der Waals surface area contributed by atoms with Crippen molar-refractivity contribution in [1.29, 1.82) is 5.26 Å². The SMILES string of the molecule is CC(C)COc1cccc(-c2ccc(CC#N)c(=O)[nH]2)c1. The topological polar surface area (TPSA) is 65.9 Å². The van der Waals surface area contributed by atoms with Gasteiger partial charge in [0.1, 0.15) is 5.75 Å². The molecule has 0 aliphatic rings. The van der Waals surface area contributed by atoms with Crippen molar-refractivity contribution in [3.05, 3.63) is 52.3 Å². The molecule has 0 amide bonds. The molecule has 1 aromatic carbocycles. The van der Waals surface area contributed by atoms with E-state index in [4.69, 9.17) is 10.00 Å². The molecule has 0 fully saturated rings. The minimum Gasteiger partial charge on any atom is -0.493 e. The quantitative estimate of drug-likeness (QED) is 0.916. The van der Waals surface area contributed by atoms with E-state index >= 15 is 0 Å². The molecule has 1 aromatic heterocycles. The number of nitriles is 1. The fourth-order valence-corrected chi connectivity index (χ4v) is 1.91. The predicted octanol–water partition coefficient (Wildman–Crippen LogP) is 3.14. The van der Waals surface area contributed by atoms with Crippen molar-refractivity contribution < 1.29 is 4.74 Å². The molecule has 0 unspecified atom stereocenters. The molecule has 2 rings (SSSR count). The minimum atomic E-state index is -0.220. The maximum absolute atomic E-state index is 11.9. The van der Waals surface area contributed by atoms with Crippen LogP contribution >= 0.6 is 0 Å². The summed E-state index contributed by atoms with van der Waals surface area (Å²) in [5, 5.41) is 8.65. The standard InChI is InChI=1S/C17H18N2O2/c1-12(2)11-21-15-5-3-4-14(10-15)16-7-6-13(8-9-18)17(20)19-16/h3-7,10,12H,8,11H2,1-2H3,(H,19,20). The van der Waals surface area contributed by atoms with Crippen LogP contribution in [0.1, 0.15) is 19.4 Å². The molecule has 0 saturated carbocycles. The van der Waals surface area contributed by atoms with E-state index in [-0.39, 0.29) is 12.0 Å². The van der Waals surface area contributed by atoms with Crippen LogP contribution < -0.4 is 10.3 Å². The van der Waals surface area contributed by atoms with Gasteiger partial charge in [-0.15, -0.1) is 0 Å². The molecule has 2 aromatic rings. The summed E-state index contributed by atoms with van der Waals surface area (Å²) in [5.74, 6) is 1.24. The summed E-state index contributed by atoms with van der Waals surface area (Å²) in [6, 6.07) is 13.1. The minimum absolute atomic E-state index is 0.118. The fourth-order valence-electron chi connectivity index (χ4n) is 1.91. The molecule has 0 aliphatic carbocycles. The molecular formula is C17H18N2O2. The second kappa shape index (κ2) is 6.76. The molecule has 0 radical (unpaired) electrons. The highest BCUT2D eigenvalue weighted by atomic mass is 16.5. The largest absolute Gasteiger partial charge is 0.493 e. The van der Waals surface area contributed by atoms with Gasteiger partial charge in [0.05, 0.1) is 19.1 Å². The zero-order valence-corrected chi connectivity index (χ0v) is 12.2. The summed E-state index contributed by atoms with van der Waals surface area (Å²) >= 11 is 0. The Bertz CT molecular complexity index is 711. The van der Waals surface area contributed by atoms with Gasteiger partial charge in [-0.2, -0.15) is 5.26 Å². The Morgan fingerprint density at radius 3 is 2.76 bits per heavy atom. The average molecular weight is 282 g/mol. The van der Waals surface area contributed by atoms with Gasteiger partial charge in [-0.05, 0) is 24.1 Å². The van der Waals surface area contributed by atoms with Gasteiger partial charge in [0.2, 0.25) is 0 Å². The molecule has 21 heavy (non-hydrogen) atoms. The van der Waals surface area contributed by atoms with Crippen LogP contribution in [0.5, 0.6) is 5.75 Å². The molecule has 0 spiro atoms. The van der Waals surface area contributed by atoms with E-state index in [0.29, 0.717) is 18.1 Å². The Morgan fingerprint density at radius 2 is 2.10 bits per heavy atom. The fraction of sp³-hybridized carbons (Fsp3) is 0.294. The van der Waals surface area contributed by atoms with E-state index in [9.17, 15) is 4.79 Å². The summed E-state index contributed by atoms with van der Waals surface area (Å²) in [6.07, 6.45) is 0.118. The molecule has 1 N–H and O–H groups in total. The number of aromatic nitrogens is 1. The van der Waals surface area contributed by atoms with Crippen molar-refractivity contribution in [2.75, 3.05) is 6.61 Å². The van der Waals surface area contributed by atoms with E-state index in [2.05, 4.69) is 18.8 Å². The highest BCUT2D eigenvalue weighted by molar-refractivity contribution is 5.61. The van der Waals surface area contributed by atoms with Crippen molar-refractivity contribution in [3.8, 4) is 23.1 Å². The Kier molecular flexibility index (Phi) is 4.78. The maximum atomic E-state index is 11.9. The number of aromatic amines is 1. The second-order valence-corrected chi connectivity index (χ2v) is 5.29. The number of hydrogen-bond acceptors (Lipinski definition) is 3. The maximum Gasteiger partial charge on any atom is 0.252 e. The zero-order valence-electron chi connectivity index (χ0n) is 12.2. The number of ether oxygens (including phenoxy) is 1. The molecule has 108 valence electrons. The summed E-state index contributed by atoms with van der Waals surface area (Å²) in [5.41, 5.74) is 1.87. The van der Waals surface area contributed by atoms with Crippen LogP contribution in [-0.2, 0) is 6.42 Å². The van der Waals surface area contributed by atoms with E-state index in [0.717, 1.165) is 17.0 Å². The lowest BCUT2D eigenvalue weighted by molar-refractivity contribution is 0.271. The smallest absolute Gasteiger partial charge is 0.252 e. The third-order valence-corrected chi connectivity index (χ3v) is 2.99. The Morgan fingerprint density at radius 1 is 1.29 bits per heavy atom. The normalized spacial score (nSPS) is 10.4. The van der Waals surface area contributed by atoms with Crippen LogP contribution in [0.25, 0.3) is 11.3 Å². The van der Waals surface area contributed by atoms with Crippen LogP contribution in [0.4, 0.5) is 0 Å². The second-order valence-electron chi connectivity index (χ2n) is 5.29. The lowest BCUT2D eigenvalue weighted by atomic mass is 10.1. The van der Waals surface area contributed by atoms with Crippen LogP contribution in [0, 0.1) is 17.2 Å². The summed E-state index contributed by atoms with van der Waals surface area (Å²) in [6.45, 7) is 4.84. The number of pyridine rings is 1. The number of hydrogen-bond donors (Lipinski definition) is 1. The lowest BCUT2D eigenvalue weighted by Crippen LogP contribution is -2.12. The third-order valence-electron chi connectivity index (χ3n) is 2.99. The van der Waals surface area contributed by atoms with Gasteiger partial charge >= 0.3 is 0 Å². The summed E-state index contributed by atoms with van der Waals surface area (Å²) < 4.78 is 5.69. The van der Waals surface area contributed by atoms with Gasteiger partial charge in [0.15, 0.2) is 0 Å². The number of rotatable bonds is 5. The van der Waals surface area contributed by atoms with Gasteiger partial charge in [-0.25, -0.2) is 0 Å². The van der Waals surface area contributed by atoms with E-state index in [1.165, 1.54) is 0 Å². The Labute approximate surface area is 124 Å². The van der Waals surface area contributed by atoms with Gasteiger partial charge in [0, 0.05) is 16.8 Å². The molecule has 4 nitrogen and oxygen atoms in total. The van der Waals surface area contributed by atoms with Crippen LogP contribution in [0.2, 0.25) is 0 Å². The molecule has 0 atom stereocenters. The van der Waals surface area contributed by atoms with Crippen molar-refractivity contribution in [3.63, 3.8) is 0 Å². The highest BCUT2D eigenvalue weighted by Gasteiger charge is 2.05. The summed E-state index contributed by atoms with van der Waals surface area (Å²) in [4.78, 5) is 14.7. The van der Waals surface area contributed by atoms with Gasteiger partial charge in [0.25, 0.3) is 5.56 Å². The van der Waals surface area contributed by atoms with Gasteiger partial charge < -0.3 is 9.72 Å². The van der Waals surface area contributed by atoms with Crippen LogP contribution in [0.15, 0.2) is 41.2 Å². The average Bonchev–Trinajstić information content (AvgIpc) is 2.48. The first-order valence-electron chi connectivity index (χ1n) is 6.92. The van der Waals surface area contributed by atoms with Gasteiger partial charge in [-0.3, -0.25) is 4.79 Å². The molecule has 0 saturated heterocycles. The molecule has 1 heterocycles. The lowest BCUT2D eigenvalue weighted by Gasteiger charge is -2.10. The predicted molar refractivity (Wildman–Crippen MR) is 82.1 cm³/mol. The summed E-state index contributed by atoms with van der Waals surface area (Å²) in [7, 11) is 0. The molecular weight excluding hydrogens is 264 g/mol. The first-order chi connectivity index (χ1) is 10.1. The first-order valence-corrected chi connectivity index (χ1v) is 6.92. The molecule has 0 bridgehead atoms. The van der Waals surface area contributed by atoms with Crippen molar-refractivity contribution >= 4 is 0 Å². The molecule has 4 heteroatoms. The third kappa shape index (κ3) is 3.96. The Hall–Kier alpha value is -2.54.